The number of carbonyl (C=O) groups is 2. The smallest absolute Gasteiger partial charge is 0.253 e. The first kappa shape index (κ1) is 16.7. The van der Waals surface area contributed by atoms with E-state index in [0.29, 0.717) is 17.7 Å². The maximum Gasteiger partial charge on any atom is 0.253 e. The Bertz CT molecular complexity index is 671. The molecule has 1 heterocycles. The molecule has 2 N–H and O–H groups in total. The SMILES string of the molecule is CCC(C)NC(=O)c1cncc(C(=O)NCc2ccccc2)c1. The minimum Gasteiger partial charge on any atom is -0.350 e. The average Bonchev–Trinajstić information content (AvgIpc) is 2.60. The number of nitrogens with one attached hydrogen (secondary N) is 2. The lowest BCUT2D eigenvalue weighted by Crippen LogP contribution is -2.32. The summed E-state index contributed by atoms with van der Waals surface area (Å²) in [5.41, 5.74) is 1.77. The molecule has 2 rings (SSSR count). The summed E-state index contributed by atoms with van der Waals surface area (Å²) in [5, 5.41) is 5.68. The summed E-state index contributed by atoms with van der Waals surface area (Å²) < 4.78 is 0. The minimum absolute atomic E-state index is 0.0815. The maximum atomic E-state index is 12.2. The van der Waals surface area contributed by atoms with E-state index in [9.17, 15) is 9.59 Å². The van der Waals surface area contributed by atoms with Gasteiger partial charge >= 0.3 is 0 Å². The summed E-state index contributed by atoms with van der Waals surface area (Å²) in [6.45, 7) is 4.36. The Morgan fingerprint density at radius 1 is 1.09 bits per heavy atom. The van der Waals surface area contributed by atoms with Crippen molar-refractivity contribution < 1.29 is 9.59 Å². The van der Waals surface area contributed by atoms with Crippen LogP contribution in [-0.4, -0.2) is 22.8 Å². The van der Waals surface area contributed by atoms with Crippen LogP contribution in [0.3, 0.4) is 0 Å². The fourth-order valence-electron chi connectivity index (χ4n) is 1.98. The van der Waals surface area contributed by atoms with E-state index in [0.717, 1.165) is 12.0 Å². The third-order valence-corrected chi connectivity index (χ3v) is 3.55. The molecular weight excluding hydrogens is 290 g/mol. The second-order valence-corrected chi connectivity index (χ2v) is 5.41. The Morgan fingerprint density at radius 3 is 2.39 bits per heavy atom. The topological polar surface area (TPSA) is 71.1 Å². The molecule has 0 aliphatic heterocycles. The molecule has 1 unspecified atom stereocenters. The number of nitrogens with zero attached hydrogens (tertiary/aromatic N) is 1. The lowest BCUT2D eigenvalue weighted by molar-refractivity contribution is 0.0939. The molecule has 0 fully saturated rings. The van der Waals surface area contributed by atoms with E-state index in [1.165, 1.54) is 12.4 Å². The monoisotopic (exact) mass is 311 g/mol. The first-order chi connectivity index (χ1) is 11.1. The van der Waals surface area contributed by atoms with Crippen molar-refractivity contribution in [2.45, 2.75) is 32.9 Å². The second kappa shape index (κ2) is 8.08. The number of aromatic nitrogens is 1. The molecule has 0 saturated carbocycles. The van der Waals surface area contributed by atoms with Crippen LogP contribution in [0.4, 0.5) is 0 Å². The van der Waals surface area contributed by atoms with Crippen LogP contribution in [0.5, 0.6) is 0 Å². The van der Waals surface area contributed by atoms with Crippen molar-refractivity contribution in [1.29, 1.82) is 0 Å². The molecule has 5 nitrogen and oxygen atoms in total. The zero-order chi connectivity index (χ0) is 16.7. The van der Waals surface area contributed by atoms with Gasteiger partial charge in [0, 0.05) is 25.0 Å². The highest BCUT2D eigenvalue weighted by atomic mass is 16.2. The summed E-state index contributed by atoms with van der Waals surface area (Å²) in [7, 11) is 0. The predicted octanol–water partition coefficient (Wildman–Crippen LogP) is 2.54. The summed E-state index contributed by atoms with van der Waals surface area (Å²) >= 11 is 0. The highest BCUT2D eigenvalue weighted by Crippen LogP contribution is 2.05. The Labute approximate surface area is 136 Å². The van der Waals surface area contributed by atoms with Gasteiger partial charge in [0.2, 0.25) is 0 Å². The van der Waals surface area contributed by atoms with Gasteiger partial charge in [-0.3, -0.25) is 14.6 Å². The van der Waals surface area contributed by atoms with Gasteiger partial charge in [-0.05, 0) is 25.0 Å². The fraction of sp³-hybridized carbons (Fsp3) is 0.278. The highest BCUT2D eigenvalue weighted by Gasteiger charge is 2.12. The lowest BCUT2D eigenvalue weighted by Gasteiger charge is -2.11. The van der Waals surface area contributed by atoms with Crippen molar-refractivity contribution in [3.63, 3.8) is 0 Å². The Morgan fingerprint density at radius 2 is 1.74 bits per heavy atom. The van der Waals surface area contributed by atoms with Crippen LogP contribution in [-0.2, 0) is 6.54 Å². The first-order valence-electron chi connectivity index (χ1n) is 7.68. The van der Waals surface area contributed by atoms with E-state index in [1.54, 1.807) is 6.07 Å². The Hall–Kier alpha value is -2.69. The van der Waals surface area contributed by atoms with E-state index in [1.807, 2.05) is 44.2 Å². The number of hydrogen-bond donors (Lipinski definition) is 2. The zero-order valence-corrected chi connectivity index (χ0v) is 13.4. The number of hydrogen-bond acceptors (Lipinski definition) is 3. The van der Waals surface area contributed by atoms with Crippen molar-refractivity contribution in [3.05, 3.63) is 65.5 Å². The van der Waals surface area contributed by atoms with Gasteiger partial charge in [-0.15, -0.1) is 0 Å². The van der Waals surface area contributed by atoms with Crippen molar-refractivity contribution in [1.82, 2.24) is 15.6 Å². The van der Waals surface area contributed by atoms with Crippen molar-refractivity contribution in [2.24, 2.45) is 0 Å². The van der Waals surface area contributed by atoms with E-state index >= 15 is 0 Å². The van der Waals surface area contributed by atoms with Crippen molar-refractivity contribution in [2.75, 3.05) is 0 Å². The maximum absolute atomic E-state index is 12.2. The minimum atomic E-state index is -0.250. The molecule has 0 spiro atoms. The molecule has 2 aromatic rings. The van der Waals surface area contributed by atoms with E-state index in [-0.39, 0.29) is 17.9 Å². The molecule has 0 aliphatic carbocycles. The zero-order valence-electron chi connectivity index (χ0n) is 13.4. The third kappa shape index (κ3) is 4.92. The van der Waals surface area contributed by atoms with E-state index in [4.69, 9.17) is 0 Å². The van der Waals surface area contributed by atoms with Crippen LogP contribution in [0.25, 0.3) is 0 Å². The molecule has 1 aromatic carbocycles. The predicted molar refractivity (Wildman–Crippen MR) is 89.1 cm³/mol. The van der Waals surface area contributed by atoms with Gasteiger partial charge in [-0.2, -0.15) is 0 Å². The van der Waals surface area contributed by atoms with Crippen LogP contribution in [0.1, 0.15) is 46.5 Å². The van der Waals surface area contributed by atoms with Gasteiger partial charge in [-0.25, -0.2) is 0 Å². The normalized spacial score (nSPS) is 11.6. The molecule has 0 saturated heterocycles. The molecule has 0 radical (unpaired) electrons. The van der Waals surface area contributed by atoms with Gasteiger partial charge in [-0.1, -0.05) is 37.3 Å². The molecular formula is C18H21N3O2. The summed E-state index contributed by atoms with van der Waals surface area (Å²) in [6, 6.07) is 11.3. The number of carbonyl (C=O) groups excluding carboxylic acids is 2. The summed E-state index contributed by atoms with van der Waals surface area (Å²) in [5.74, 6) is -0.468. The second-order valence-electron chi connectivity index (χ2n) is 5.41. The fourth-order valence-corrected chi connectivity index (χ4v) is 1.98. The number of benzene rings is 1. The Kier molecular flexibility index (Phi) is 5.86. The number of pyridine rings is 1. The van der Waals surface area contributed by atoms with Gasteiger partial charge < -0.3 is 10.6 Å². The lowest BCUT2D eigenvalue weighted by atomic mass is 10.1. The molecule has 1 atom stereocenters. The van der Waals surface area contributed by atoms with Crippen LogP contribution < -0.4 is 10.6 Å². The van der Waals surface area contributed by atoms with Crippen LogP contribution in [0.2, 0.25) is 0 Å². The average molecular weight is 311 g/mol. The van der Waals surface area contributed by atoms with Crippen molar-refractivity contribution in [3.8, 4) is 0 Å². The number of amides is 2. The van der Waals surface area contributed by atoms with Gasteiger partial charge in [0.25, 0.3) is 11.8 Å². The molecule has 120 valence electrons. The Balaban J connectivity index is 2.01. The van der Waals surface area contributed by atoms with Gasteiger partial charge in [0.1, 0.15) is 0 Å². The van der Waals surface area contributed by atoms with Crippen LogP contribution in [0.15, 0.2) is 48.8 Å². The van der Waals surface area contributed by atoms with E-state index in [2.05, 4.69) is 15.6 Å². The highest BCUT2D eigenvalue weighted by molar-refractivity contribution is 5.99. The van der Waals surface area contributed by atoms with Crippen molar-refractivity contribution >= 4 is 11.8 Å². The molecule has 0 bridgehead atoms. The summed E-state index contributed by atoms with van der Waals surface area (Å²) in [6.07, 6.45) is 3.77. The molecule has 1 aromatic heterocycles. The quantitative estimate of drug-likeness (QED) is 0.861. The molecule has 23 heavy (non-hydrogen) atoms. The largest absolute Gasteiger partial charge is 0.350 e. The molecule has 0 aliphatic rings. The third-order valence-electron chi connectivity index (χ3n) is 3.55. The number of rotatable bonds is 6. The van der Waals surface area contributed by atoms with Crippen LogP contribution >= 0.6 is 0 Å². The summed E-state index contributed by atoms with van der Waals surface area (Å²) in [4.78, 5) is 28.3. The first-order valence-corrected chi connectivity index (χ1v) is 7.68. The van der Waals surface area contributed by atoms with E-state index < -0.39 is 0 Å². The van der Waals surface area contributed by atoms with Crippen LogP contribution in [0, 0.1) is 0 Å². The molecule has 2 amide bonds. The standard InChI is InChI=1S/C18H21N3O2/c1-3-13(2)21-18(23)16-9-15(11-19-12-16)17(22)20-10-14-7-5-4-6-8-14/h4-9,11-13H,3,10H2,1-2H3,(H,20,22)(H,21,23). The van der Waals surface area contributed by atoms with Gasteiger partial charge in [0.05, 0.1) is 11.1 Å². The van der Waals surface area contributed by atoms with Gasteiger partial charge in [0.15, 0.2) is 0 Å². The molecule has 5 heteroatoms.